The molecule has 0 radical (unpaired) electrons. The summed E-state index contributed by atoms with van der Waals surface area (Å²) in [7, 11) is 0. The Balaban J connectivity index is 2.20. The Bertz CT molecular complexity index is 562. The second kappa shape index (κ2) is 4.93. The number of rotatable bonds is 3. The molecule has 0 aliphatic heterocycles. The van der Waals surface area contributed by atoms with E-state index >= 15 is 0 Å². The lowest BCUT2D eigenvalue weighted by Crippen LogP contribution is -2.27. The molecule has 4 nitrogen and oxygen atoms in total. The van der Waals surface area contributed by atoms with Gasteiger partial charge in [-0.25, -0.2) is 9.78 Å². The molecule has 2 aromatic rings. The molecule has 1 aromatic heterocycles. The maximum atomic E-state index is 11.4. The minimum Gasteiger partial charge on any atom is -0.322 e. The van der Waals surface area contributed by atoms with Crippen LogP contribution in [0.4, 0.5) is 0 Å². The van der Waals surface area contributed by atoms with Gasteiger partial charge in [0, 0.05) is 25.0 Å². The third-order valence-corrected chi connectivity index (χ3v) is 2.65. The Morgan fingerprint density at radius 1 is 1.41 bits per heavy atom. The van der Waals surface area contributed by atoms with Crippen LogP contribution in [0.5, 0.6) is 0 Å². The molecule has 2 rings (SSSR count). The van der Waals surface area contributed by atoms with Crippen LogP contribution in [0.3, 0.4) is 0 Å². The molecule has 1 aromatic carbocycles. The van der Waals surface area contributed by atoms with Crippen molar-refractivity contribution in [3.05, 3.63) is 64.3 Å². The molecule has 17 heavy (non-hydrogen) atoms. The third kappa shape index (κ3) is 2.79. The Kier molecular flexibility index (Phi) is 3.35. The van der Waals surface area contributed by atoms with Crippen molar-refractivity contribution in [2.45, 2.75) is 19.5 Å². The topological polar surface area (TPSA) is 60.9 Å². The number of aryl methyl sites for hydroxylation is 1. The molecule has 1 unspecified atom stereocenters. The lowest BCUT2D eigenvalue weighted by atomic mass is 10.1. The second-order valence-electron chi connectivity index (χ2n) is 4.08. The van der Waals surface area contributed by atoms with Gasteiger partial charge in [-0.05, 0) is 18.6 Å². The maximum Gasteiger partial charge on any atom is 0.347 e. The van der Waals surface area contributed by atoms with Crippen molar-refractivity contribution in [2.24, 2.45) is 5.73 Å². The molecule has 88 valence electrons. The third-order valence-electron chi connectivity index (χ3n) is 2.65. The van der Waals surface area contributed by atoms with Crippen LogP contribution in [-0.2, 0) is 6.54 Å². The highest BCUT2D eigenvalue weighted by Gasteiger charge is 2.07. The van der Waals surface area contributed by atoms with E-state index in [0.29, 0.717) is 6.54 Å². The summed E-state index contributed by atoms with van der Waals surface area (Å²) >= 11 is 0. The summed E-state index contributed by atoms with van der Waals surface area (Å²) < 4.78 is 1.52. The first kappa shape index (κ1) is 11.5. The average molecular weight is 229 g/mol. The molecule has 0 aliphatic rings. The predicted octanol–water partition coefficient (Wildman–Crippen LogP) is 1.25. The van der Waals surface area contributed by atoms with Gasteiger partial charge >= 0.3 is 5.69 Å². The first-order valence-corrected chi connectivity index (χ1v) is 5.50. The van der Waals surface area contributed by atoms with Gasteiger partial charge in [0.25, 0.3) is 0 Å². The molecule has 0 amide bonds. The molecule has 4 heteroatoms. The largest absolute Gasteiger partial charge is 0.347 e. The zero-order valence-electron chi connectivity index (χ0n) is 9.71. The lowest BCUT2D eigenvalue weighted by Gasteiger charge is -2.13. The standard InChI is InChI=1S/C13H15N3O/c1-10-4-2-5-11(8-10)12(14)9-16-7-3-6-15-13(16)17/h2-8,12H,9,14H2,1H3. The number of hydrogen-bond donors (Lipinski definition) is 1. The summed E-state index contributed by atoms with van der Waals surface area (Å²) in [6.07, 6.45) is 3.18. The highest BCUT2D eigenvalue weighted by Crippen LogP contribution is 2.13. The number of benzene rings is 1. The van der Waals surface area contributed by atoms with Gasteiger partial charge in [-0.1, -0.05) is 29.8 Å². The van der Waals surface area contributed by atoms with E-state index in [9.17, 15) is 4.79 Å². The molecule has 0 spiro atoms. The normalized spacial score (nSPS) is 12.4. The minimum absolute atomic E-state index is 0.197. The Morgan fingerprint density at radius 2 is 2.24 bits per heavy atom. The lowest BCUT2D eigenvalue weighted by molar-refractivity contribution is 0.551. The molecule has 1 atom stereocenters. The molecule has 0 saturated heterocycles. The summed E-state index contributed by atoms with van der Waals surface area (Å²) in [6, 6.07) is 9.52. The van der Waals surface area contributed by atoms with E-state index in [4.69, 9.17) is 5.73 Å². The molecule has 0 fully saturated rings. The number of nitrogens with zero attached hydrogens (tertiary/aromatic N) is 2. The van der Waals surface area contributed by atoms with Crippen molar-refractivity contribution in [3.8, 4) is 0 Å². The van der Waals surface area contributed by atoms with Crippen LogP contribution in [0.1, 0.15) is 17.2 Å². The highest BCUT2D eigenvalue weighted by molar-refractivity contribution is 5.24. The first-order chi connectivity index (χ1) is 8.16. The Hall–Kier alpha value is -1.94. The van der Waals surface area contributed by atoms with E-state index in [2.05, 4.69) is 4.98 Å². The van der Waals surface area contributed by atoms with Crippen LogP contribution in [0.15, 0.2) is 47.5 Å². The van der Waals surface area contributed by atoms with Gasteiger partial charge in [0.05, 0.1) is 0 Å². The van der Waals surface area contributed by atoms with E-state index in [1.807, 2.05) is 31.2 Å². The van der Waals surface area contributed by atoms with Crippen molar-refractivity contribution >= 4 is 0 Å². The van der Waals surface area contributed by atoms with Crippen molar-refractivity contribution in [2.75, 3.05) is 0 Å². The van der Waals surface area contributed by atoms with Crippen molar-refractivity contribution < 1.29 is 0 Å². The molecule has 0 aliphatic carbocycles. The van der Waals surface area contributed by atoms with Crippen molar-refractivity contribution in [1.29, 1.82) is 0 Å². The second-order valence-corrected chi connectivity index (χ2v) is 4.08. The van der Waals surface area contributed by atoms with Gasteiger partial charge in [0.15, 0.2) is 0 Å². The summed E-state index contributed by atoms with van der Waals surface area (Å²) in [6.45, 7) is 2.46. The molecule has 2 N–H and O–H groups in total. The van der Waals surface area contributed by atoms with Gasteiger partial charge in [-0.15, -0.1) is 0 Å². The Labute approximate surface area is 99.7 Å². The summed E-state index contributed by atoms with van der Waals surface area (Å²) in [5.74, 6) is 0. The monoisotopic (exact) mass is 229 g/mol. The molecule has 0 saturated carbocycles. The fourth-order valence-electron chi connectivity index (χ4n) is 1.74. The fourth-order valence-corrected chi connectivity index (χ4v) is 1.74. The smallest absolute Gasteiger partial charge is 0.322 e. The highest BCUT2D eigenvalue weighted by atomic mass is 16.1. The van der Waals surface area contributed by atoms with E-state index < -0.39 is 0 Å². The van der Waals surface area contributed by atoms with Crippen LogP contribution in [-0.4, -0.2) is 9.55 Å². The van der Waals surface area contributed by atoms with E-state index in [-0.39, 0.29) is 11.7 Å². The van der Waals surface area contributed by atoms with Gasteiger partial charge in [0.2, 0.25) is 0 Å². The first-order valence-electron chi connectivity index (χ1n) is 5.50. The van der Waals surface area contributed by atoms with Gasteiger partial charge in [0.1, 0.15) is 0 Å². The number of hydrogen-bond acceptors (Lipinski definition) is 3. The fraction of sp³-hybridized carbons (Fsp3) is 0.231. The zero-order chi connectivity index (χ0) is 12.3. The van der Waals surface area contributed by atoms with Gasteiger partial charge in [-0.3, -0.25) is 4.57 Å². The van der Waals surface area contributed by atoms with E-state index in [0.717, 1.165) is 11.1 Å². The average Bonchev–Trinajstić information content (AvgIpc) is 2.32. The van der Waals surface area contributed by atoms with E-state index in [1.165, 1.54) is 10.8 Å². The molecular formula is C13H15N3O. The molecule has 0 bridgehead atoms. The summed E-state index contributed by atoms with van der Waals surface area (Å²) in [5, 5.41) is 0. The van der Waals surface area contributed by atoms with Crippen LogP contribution in [0.2, 0.25) is 0 Å². The van der Waals surface area contributed by atoms with Crippen LogP contribution < -0.4 is 11.4 Å². The van der Waals surface area contributed by atoms with Gasteiger partial charge in [-0.2, -0.15) is 0 Å². The van der Waals surface area contributed by atoms with Crippen LogP contribution >= 0.6 is 0 Å². The molecule has 1 heterocycles. The summed E-state index contributed by atoms with van der Waals surface area (Å²) in [4.78, 5) is 15.1. The van der Waals surface area contributed by atoms with Crippen LogP contribution in [0.25, 0.3) is 0 Å². The van der Waals surface area contributed by atoms with E-state index in [1.54, 1.807) is 12.3 Å². The quantitative estimate of drug-likeness (QED) is 0.861. The maximum absolute atomic E-state index is 11.4. The minimum atomic E-state index is -0.268. The summed E-state index contributed by atoms with van der Waals surface area (Å²) in [5.41, 5.74) is 8.00. The Morgan fingerprint density at radius 3 is 2.94 bits per heavy atom. The SMILES string of the molecule is Cc1cccc(C(N)Cn2cccnc2=O)c1. The van der Waals surface area contributed by atoms with Crippen LogP contribution in [0, 0.1) is 6.92 Å². The number of nitrogens with two attached hydrogens (primary N) is 1. The zero-order valence-corrected chi connectivity index (χ0v) is 9.71. The van der Waals surface area contributed by atoms with Crippen molar-refractivity contribution in [1.82, 2.24) is 9.55 Å². The molecular weight excluding hydrogens is 214 g/mol. The number of aromatic nitrogens is 2. The predicted molar refractivity (Wildman–Crippen MR) is 66.6 cm³/mol. The van der Waals surface area contributed by atoms with Crippen molar-refractivity contribution in [3.63, 3.8) is 0 Å². The van der Waals surface area contributed by atoms with Gasteiger partial charge < -0.3 is 5.73 Å².